The van der Waals surface area contributed by atoms with Gasteiger partial charge in [-0.05, 0) is 30.7 Å². The van der Waals surface area contributed by atoms with Crippen molar-refractivity contribution < 1.29 is 19.2 Å². The first-order valence-corrected chi connectivity index (χ1v) is 8.63. The van der Waals surface area contributed by atoms with Gasteiger partial charge in [0.25, 0.3) is 5.69 Å². The molecule has 142 valence electrons. The molecule has 0 spiro atoms. The number of nitro groups is 1. The van der Waals surface area contributed by atoms with Gasteiger partial charge in [0.2, 0.25) is 0 Å². The van der Waals surface area contributed by atoms with Gasteiger partial charge in [-0.3, -0.25) is 10.1 Å². The molecule has 1 saturated heterocycles. The quantitative estimate of drug-likeness (QED) is 0.629. The first-order chi connectivity index (χ1) is 12.8. The molecule has 1 aliphatic rings. The Labute approximate surface area is 159 Å². The number of anilines is 2. The molecule has 0 radical (unpaired) electrons. The molecule has 2 aromatic rings. The van der Waals surface area contributed by atoms with Crippen LogP contribution in [0.2, 0.25) is 5.02 Å². The fraction of sp³-hybridized carbons (Fsp3) is 0.278. The predicted octanol–water partition coefficient (Wildman–Crippen LogP) is 3.72. The van der Waals surface area contributed by atoms with E-state index in [0.29, 0.717) is 26.2 Å². The van der Waals surface area contributed by atoms with E-state index in [1.165, 1.54) is 18.2 Å². The van der Waals surface area contributed by atoms with E-state index in [-0.39, 0.29) is 27.8 Å². The Morgan fingerprint density at radius 3 is 2.30 bits per heavy atom. The van der Waals surface area contributed by atoms with E-state index in [1.807, 2.05) is 11.8 Å². The summed E-state index contributed by atoms with van der Waals surface area (Å²) in [7, 11) is 0. The van der Waals surface area contributed by atoms with Crippen LogP contribution in [0.5, 0.6) is 0 Å². The number of benzene rings is 2. The van der Waals surface area contributed by atoms with E-state index in [4.69, 9.17) is 16.7 Å². The largest absolute Gasteiger partial charge is 0.478 e. The van der Waals surface area contributed by atoms with Crippen LogP contribution in [0.25, 0.3) is 0 Å². The van der Waals surface area contributed by atoms with Crippen molar-refractivity contribution in [3.8, 4) is 0 Å². The summed E-state index contributed by atoms with van der Waals surface area (Å²) >= 11 is 6.00. The minimum Gasteiger partial charge on any atom is -0.478 e. The third-order valence-electron chi connectivity index (χ3n) is 4.62. The van der Waals surface area contributed by atoms with Gasteiger partial charge in [-0.1, -0.05) is 17.7 Å². The lowest BCUT2D eigenvalue weighted by Gasteiger charge is -2.37. The second kappa shape index (κ2) is 7.40. The van der Waals surface area contributed by atoms with E-state index >= 15 is 0 Å². The van der Waals surface area contributed by atoms with Crippen LogP contribution in [0, 0.1) is 22.9 Å². The molecule has 1 aliphatic heterocycles. The van der Waals surface area contributed by atoms with Crippen LogP contribution >= 0.6 is 11.6 Å². The fourth-order valence-corrected chi connectivity index (χ4v) is 3.46. The Kier molecular flexibility index (Phi) is 5.18. The summed E-state index contributed by atoms with van der Waals surface area (Å²) in [6, 6.07) is 6.91. The van der Waals surface area contributed by atoms with Crippen molar-refractivity contribution in [3.63, 3.8) is 0 Å². The van der Waals surface area contributed by atoms with Crippen molar-refractivity contribution >= 4 is 34.6 Å². The van der Waals surface area contributed by atoms with Gasteiger partial charge in [0, 0.05) is 37.9 Å². The van der Waals surface area contributed by atoms with Crippen molar-refractivity contribution in [2.75, 3.05) is 36.0 Å². The zero-order valence-corrected chi connectivity index (χ0v) is 15.2. The Morgan fingerprint density at radius 1 is 1.15 bits per heavy atom. The van der Waals surface area contributed by atoms with Crippen molar-refractivity contribution in [3.05, 3.63) is 62.4 Å². The second-order valence-corrected chi connectivity index (χ2v) is 6.70. The van der Waals surface area contributed by atoms with Crippen molar-refractivity contribution in [1.29, 1.82) is 0 Å². The van der Waals surface area contributed by atoms with E-state index in [2.05, 4.69) is 0 Å². The number of nitrogens with zero attached hydrogens (tertiary/aromatic N) is 3. The van der Waals surface area contributed by atoms with E-state index in [1.54, 1.807) is 11.0 Å². The molecule has 0 amide bonds. The highest BCUT2D eigenvalue weighted by Gasteiger charge is 2.27. The van der Waals surface area contributed by atoms with Gasteiger partial charge in [0.15, 0.2) is 0 Å². The Morgan fingerprint density at radius 2 is 1.74 bits per heavy atom. The van der Waals surface area contributed by atoms with Crippen LogP contribution in [-0.2, 0) is 0 Å². The Bertz CT molecular complexity index is 914. The van der Waals surface area contributed by atoms with Crippen LogP contribution in [0.15, 0.2) is 30.3 Å². The van der Waals surface area contributed by atoms with Crippen LogP contribution in [-0.4, -0.2) is 42.2 Å². The molecule has 1 fully saturated rings. The van der Waals surface area contributed by atoms with Crippen molar-refractivity contribution in [2.45, 2.75) is 6.92 Å². The molecule has 0 atom stereocenters. The van der Waals surface area contributed by atoms with Gasteiger partial charge in [0.1, 0.15) is 11.5 Å². The third kappa shape index (κ3) is 3.80. The summed E-state index contributed by atoms with van der Waals surface area (Å²) in [4.78, 5) is 25.8. The van der Waals surface area contributed by atoms with Crippen LogP contribution in [0.3, 0.4) is 0 Å². The summed E-state index contributed by atoms with van der Waals surface area (Å²) < 4.78 is 13.6. The number of rotatable bonds is 4. The van der Waals surface area contributed by atoms with Gasteiger partial charge < -0.3 is 14.9 Å². The molecule has 2 aromatic carbocycles. The van der Waals surface area contributed by atoms with Gasteiger partial charge in [-0.15, -0.1) is 0 Å². The number of carbonyl (C=O) groups is 1. The van der Waals surface area contributed by atoms with E-state index < -0.39 is 10.9 Å². The fourth-order valence-electron chi connectivity index (χ4n) is 3.23. The number of carboxylic acids is 1. The van der Waals surface area contributed by atoms with Crippen molar-refractivity contribution in [1.82, 2.24) is 0 Å². The number of aryl methyl sites for hydroxylation is 1. The molecule has 1 heterocycles. The topological polar surface area (TPSA) is 86.9 Å². The first-order valence-electron chi connectivity index (χ1n) is 8.25. The first kappa shape index (κ1) is 18.9. The molecule has 9 heteroatoms. The Balaban J connectivity index is 1.85. The highest BCUT2D eigenvalue weighted by molar-refractivity contribution is 6.34. The summed E-state index contributed by atoms with van der Waals surface area (Å²) in [5.41, 5.74) is 1.42. The smallest absolute Gasteiger partial charge is 0.337 e. The van der Waals surface area contributed by atoms with Crippen molar-refractivity contribution in [2.24, 2.45) is 0 Å². The molecular weight excluding hydrogens is 377 g/mol. The molecule has 0 aromatic heterocycles. The predicted molar refractivity (Wildman–Crippen MR) is 101 cm³/mol. The van der Waals surface area contributed by atoms with Gasteiger partial charge in [-0.25, -0.2) is 9.18 Å². The number of piperazine rings is 1. The number of hydrogen-bond donors (Lipinski definition) is 1. The average molecular weight is 394 g/mol. The average Bonchev–Trinajstić information content (AvgIpc) is 2.63. The van der Waals surface area contributed by atoms with Gasteiger partial charge >= 0.3 is 5.97 Å². The van der Waals surface area contributed by atoms with E-state index in [9.17, 15) is 19.3 Å². The zero-order valence-electron chi connectivity index (χ0n) is 14.5. The molecule has 0 saturated carbocycles. The van der Waals surface area contributed by atoms with Crippen LogP contribution < -0.4 is 9.80 Å². The highest BCUT2D eigenvalue weighted by atomic mass is 35.5. The maximum atomic E-state index is 13.6. The van der Waals surface area contributed by atoms with E-state index in [0.717, 1.165) is 17.3 Å². The summed E-state index contributed by atoms with van der Waals surface area (Å²) in [6.07, 6.45) is 0. The molecule has 0 bridgehead atoms. The number of hydrogen-bond acceptors (Lipinski definition) is 5. The lowest BCUT2D eigenvalue weighted by molar-refractivity contribution is -0.384. The maximum absolute atomic E-state index is 13.6. The van der Waals surface area contributed by atoms with Gasteiger partial charge in [-0.2, -0.15) is 0 Å². The van der Waals surface area contributed by atoms with Crippen LogP contribution in [0.1, 0.15) is 15.9 Å². The monoisotopic (exact) mass is 393 g/mol. The standard InChI is InChI=1S/C18H17ClFN3O4/c1-11-2-3-12(20)8-15(11)21-4-6-22(7-5-21)16-10-14(19)13(18(24)25)9-17(16)23(26)27/h2-3,8-10H,4-7H2,1H3,(H,24,25). The van der Waals surface area contributed by atoms with Gasteiger partial charge in [0.05, 0.1) is 15.5 Å². The minimum absolute atomic E-state index is 0.0495. The molecule has 27 heavy (non-hydrogen) atoms. The lowest BCUT2D eigenvalue weighted by Crippen LogP contribution is -2.47. The molecule has 1 N–H and O–H groups in total. The van der Waals surface area contributed by atoms with Crippen LogP contribution in [0.4, 0.5) is 21.5 Å². The second-order valence-electron chi connectivity index (χ2n) is 6.29. The molecule has 7 nitrogen and oxygen atoms in total. The molecule has 0 unspecified atom stereocenters. The Hall–Kier alpha value is -2.87. The number of nitro benzene ring substituents is 1. The number of halogens is 2. The normalized spacial score (nSPS) is 14.3. The third-order valence-corrected chi connectivity index (χ3v) is 4.94. The summed E-state index contributed by atoms with van der Waals surface area (Å²) in [5.74, 6) is -1.63. The SMILES string of the molecule is Cc1ccc(F)cc1N1CCN(c2cc(Cl)c(C(=O)O)cc2[N+](=O)[O-])CC1. The molecule has 0 aliphatic carbocycles. The minimum atomic E-state index is -1.32. The zero-order chi connectivity index (χ0) is 19.7. The maximum Gasteiger partial charge on any atom is 0.337 e. The summed E-state index contributed by atoms with van der Waals surface area (Å²) in [6.45, 7) is 3.90. The number of carboxylic acid groups (broad SMARTS) is 1. The molecule has 3 rings (SSSR count). The molecular formula is C18H17ClFN3O4. The lowest BCUT2D eigenvalue weighted by atomic mass is 10.1. The highest BCUT2D eigenvalue weighted by Crippen LogP contribution is 2.35. The number of aromatic carboxylic acids is 1. The summed E-state index contributed by atoms with van der Waals surface area (Å²) in [5, 5.41) is 20.5.